The van der Waals surface area contributed by atoms with Crippen LogP contribution in [-0.4, -0.2) is 14.5 Å². The Balaban J connectivity index is 2.79. The average molecular weight is 284 g/mol. The van der Waals surface area contributed by atoms with Gasteiger partial charge in [0.05, 0.1) is 11.6 Å². The Labute approximate surface area is 101 Å². The highest BCUT2D eigenvalue weighted by Gasteiger charge is 2.09. The van der Waals surface area contributed by atoms with Crippen molar-refractivity contribution in [1.29, 1.82) is 0 Å². The SMILES string of the molecule is C=CC(C)n1c(=S)[nH]c2cc(Br)cnc21. The number of aromatic nitrogens is 3. The predicted molar refractivity (Wildman–Crippen MR) is 67.5 cm³/mol. The topological polar surface area (TPSA) is 33.6 Å². The molecule has 0 fully saturated rings. The molecule has 5 heteroatoms. The zero-order valence-corrected chi connectivity index (χ0v) is 10.6. The lowest BCUT2D eigenvalue weighted by atomic mass is 10.3. The molecule has 0 saturated carbocycles. The number of hydrogen-bond donors (Lipinski definition) is 1. The van der Waals surface area contributed by atoms with Crippen LogP contribution in [0.1, 0.15) is 13.0 Å². The molecule has 0 bridgehead atoms. The second-order valence-electron chi connectivity index (χ2n) is 3.30. The Hall–Kier alpha value is -0.940. The van der Waals surface area contributed by atoms with Crippen LogP contribution in [0.2, 0.25) is 0 Å². The van der Waals surface area contributed by atoms with Crippen molar-refractivity contribution in [2.24, 2.45) is 0 Å². The third-order valence-corrected chi connectivity index (χ3v) is 3.00. The Morgan fingerprint density at radius 2 is 2.47 bits per heavy atom. The summed E-state index contributed by atoms with van der Waals surface area (Å²) in [5, 5.41) is 0. The van der Waals surface area contributed by atoms with E-state index in [0.717, 1.165) is 15.6 Å². The molecule has 2 rings (SSSR count). The van der Waals surface area contributed by atoms with E-state index in [0.29, 0.717) is 4.77 Å². The maximum absolute atomic E-state index is 5.24. The first-order valence-corrected chi connectivity index (χ1v) is 5.72. The van der Waals surface area contributed by atoms with Crippen LogP contribution in [-0.2, 0) is 0 Å². The Morgan fingerprint density at radius 3 is 3.13 bits per heavy atom. The van der Waals surface area contributed by atoms with E-state index in [9.17, 15) is 0 Å². The van der Waals surface area contributed by atoms with Gasteiger partial charge >= 0.3 is 0 Å². The number of nitrogens with one attached hydrogen (secondary N) is 1. The zero-order valence-electron chi connectivity index (χ0n) is 8.20. The van der Waals surface area contributed by atoms with Crippen molar-refractivity contribution in [3.05, 3.63) is 34.2 Å². The molecular weight excluding hydrogens is 274 g/mol. The Morgan fingerprint density at radius 1 is 1.73 bits per heavy atom. The van der Waals surface area contributed by atoms with E-state index >= 15 is 0 Å². The van der Waals surface area contributed by atoms with Gasteiger partial charge in [0.15, 0.2) is 10.4 Å². The van der Waals surface area contributed by atoms with E-state index in [2.05, 4.69) is 32.5 Å². The summed E-state index contributed by atoms with van der Waals surface area (Å²) in [6.45, 7) is 5.79. The van der Waals surface area contributed by atoms with Gasteiger partial charge in [0.2, 0.25) is 0 Å². The lowest BCUT2D eigenvalue weighted by Crippen LogP contribution is -2.02. The number of nitrogens with zero attached hydrogens (tertiary/aromatic N) is 2. The van der Waals surface area contributed by atoms with Crippen LogP contribution >= 0.6 is 28.1 Å². The Bertz CT molecular complexity index is 570. The van der Waals surface area contributed by atoms with Crippen LogP contribution in [0.3, 0.4) is 0 Å². The third kappa shape index (κ3) is 1.77. The first-order valence-electron chi connectivity index (χ1n) is 4.52. The first-order chi connectivity index (χ1) is 7.13. The molecule has 2 aromatic heterocycles. The summed E-state index contributed by atoms with van der Waals surface area (Å²) in [7, 11) is 0. The zero-order chi connectivity index (χ0) is 11.0. The molecule has 0 aliphatic rings. The highest BCUT2D eigenvalue weighted by molar-refractivity contribution is 9.10. The van der Waals surface area contributed by atoms with Crippen LogP contribution in [0.5, 0.6) is 0 Å². The molecule has 78 valence electrons. The number of H-pyrrole nitrogens is 1. The maximum Gasteiger partial charge on any atom is 0.179 e. The molecule has 0 radical (unpaired) electrons. The van der Waals surface area contributed by atoms with Gasteiger partial charge in [0.25, 0.3) is 0 Å². The van der Waals surface area contributed by atoms with Crippen LogP contribution in [0.15, 0.2) is 29.4 Å². The number of imidazole rings is 1. The molecule has 0 aliphatic heterocycles. The summed E-state index contributed by atoms with van der Waals surface area (Å²) in [6, 6.07) is 2.10. The molecule has 0 saturated heterocycles. The van der Waals surface area contributed by atoms with Gasteiger partial charge in [-0.05, 0) is 41.1 Å². The highest BCUT2D eigenvalue weighted by Crippen LogP contribution is 2.20. The van der Waals surface area contributed by atoms with E-state index in [1.807, 2.05) is 23.6 Å². The number of allylic oxidation sites excluding steroid dienone is 1. The predicted octanol–water partition coefficient (Wildman–Crippen LogP) is 3.60. The second kappa shape index (κ2) is 3.90. The molecule has 1 atom stereocenters. The molecule has 0 aromatic carbocycles. The van der Waals surface area contributed by atoms with E-state index in [4.69, 9.17) is 12.2 Å². The van der Waals surface area contributed by atoms with Crippen molar-refractivity contribution in [3.63, 3.8) is 0 Å². The standard InChI is InChI=1S/C10H10BrN3S/c1-3-6(2)14-9-8(13-10(14)15)4-7(11)5-12-9/h3-6H,1H2,2H3,(H,13,15). The minimum atomic E-state index is 0.139. The number of fused-ring (bicyclic) bond motifs is 1. The van der Waals surface area contributed by atoms with Crippen molar-refractivity contribution >= 4 is 39.3 Å². The van der Waals surface area contributed by atoms with Crippen LogP contribution in [0.25, 0.3) is 11.2 Å². The molecule has 1 unspecified atom stereocenters. The van der Waals surface area contributed by atoms with E-state index in [1.165, 1.54) is 0 Å². The van der Waals surface area contributed by atoms with E-state index < -0.39 is 0 Å². The molecule has 0 amide bonds. The third-order valence-electron chi connectivity index (χ3n) is 2.27. The molecule has 3 nitrogen and oxygen atoms in total. The number of aromatic amines is 1. The van der Waals surface area contributed by atoms with Gasteiger partial charge < -0.3 is 4.98 Å². The van der Waals surface area contributed by atoms with E-state index in [1.54, 1.807) is 6.20 Å². The fourth-order valence-corrected chi connectivity index (χ4v) is 2.16. The van der Waals surface area contributed by atoms with Gasteiger partial charge in [-0.15, -0.1) is 6.58 Å². The quantitative estimate of drug-likeness (QED) is 0.675. The maximum atomic E-state index is 5.24. The molecule has 2 heterocycles. The van der Waals surface area contributed by atoms with Gasteiger partial charge in [-0.25, -0.2) is 4.98 Å². The fraction of sp³-hybridized carbons (Fsp3) is 0.200. The summed E-state index contributed by atoms with van der Waals surface area (Å²) < 4.78 is 3.55. The minimum absolute atomic E-state index is 0.139. The van der Waals surface area contributed by atoms with Crippen LogP contribution in [0, 0.1) is 4.77 Å². The molecular formula is C10H10BrN3S. The van der Waals surface area contributed by atoms with Crippen LogP contribution in [0.4, 0.5) is 0 Å². The van der Waals surface area contributed by atoms with Gasteiger partial charge in [-0.2, -0.15) is 0 Å². The van der Waals surface area contributed by atoms with Gasteiger partial charge in [0.1, 0.15) is 0 Å². The summed E-state index contributed by atoms with van der Waals surface area (Å²) in [5.74, 6) is 0. The molecule has 2 aromatic rings. The van der Waals surface area contributed by atoms with Crippen molar-refractivity contribution in [1.82, 2.24) is 14.5 Å². The molecule has 0 aliphatic carbocycles. The number of rotatable bonds is 2. The van der Waals surface area contributed by atoms with Crippen molar-refractivity contribution in [2.75, 3.05) is 0 Å². The smallest absolute Gasteiger partial charge is 0.179 e. The van der Waals surface area contributed by atoms with Crippen molar-refractivity contribution in [2.45, 2.75) is 13.0 Å². The lowest BCUT2D eigenvalue weighted by molar-refractivity contribution is 0.667. The number of pyridine rings is 1. The lowest BCUT2D eigenvalue weighted by Gasteiger charge is -2.07. The summed E-state index contributed by atoms with van der Waals surface area (Å²) in [4.78, 5) is 7.46. The monoisotopic (exact) mass is 283 g/mol. The van der Waals surface area contributed by atoms with Crippen molar-refractivity contribution in [3.8, 4) is 0 Å². The Kier molecular flexibility index (Phi) is 2.75. The normalized spacial score (nSPS) is 12.9. The molecule has 15 heavy (non-hydrogen) atoms. The fourth-order valence-electron chi connectivity index (χ4n) is 1.47. The summed E-state index contributed by atoms with van der Waals surface area (Å²) in [6.07, 6.45) is 3.60. The summed E-state index contributed by atoms with van der Waals surface area (Å²) >= 11 is 8.62. The second-order valence-corrected chi connectivity index (χ2v) is 4.60. The highest BCUT2D eigenvalue weighted by atomic mass is 79.9. The van der Waals surface area contributed by atoms with Crippen LogP contribution < -0.4 is 0 Å². The molecule has 1 N–H and O–H groups in total. The van der Waals surface area contributed by atoms with E-state index in [-0.39, 0.29) is 6.04 Å². The summed E-state index contributed by atoms with van der Waals surface area (Å²) in [5.41, 5.74) is 1.79. The van der Waals surface area contributed by atoms with Gasteiger partial charge in [0, 0.05) is 10.7 Å². The minimum Gasteiger partial charge on any atom is -0.329 e. The molecule has 0 spiro atoms. The number of halogens is 1. The largest absolute Gasteiger partial charge is 0.329 e. The van der Waals surface area contributed by atoms with Crippen molar-refractivity contribution < 1.29 is 0 Å². The first kappa shape index (κ1) is 10.6. The van der Waals surface area contributed by atoms with Gasteiger partial charge in [-0.3, -0.25) is 4.57 Å². The average Bonchev–Trinajstić information content (AvgIpc) is 2.52. The van der Waals surface area contributed by atoms with Gasteiger partial charge in [-0.1, -0.05) is 6.08 Å². The number of hydrogen-bond acceptors (Lipinski definition) is 2.